The summed E-state index contributed by atoms with van der Waals surface area (Å²) in [4.78, 5) is 25.4. The number of benzene rings is 2. The van der Waals surface area contributed by atoms with E-state index in [0.717, 1.165) is 23.4 Å². The van der Waals surface area contributed by atoms with Gasteiger partial charge in [0.1, 0.15) is 5.69 Å². The molecule has 0 unspecified atom stereocenters. The molecule has 0 fully saturated rings. The number of nitrogens with one attached hydrogen (secondary N) is 1. The minimum Gasteiger partial charge on any atom is -0.349 e. The molecule has 0 aliphatic rings. The fourth-order valence-corrected chi connectivity index (χ4v) is 3.15. The smallest absolute Gasteiger partial charge is 0.270 e. The number of nitrogens with zero attached hydrogens (tertiary/aromatic N) is 4. The van der Waals surface area contributed by atoms with Crippen molar-refractivity contribution in [2.24, 2.45) is 0 Å². The van der Waals surface area contributed by atoms with Crippen molar-refractivity contribution in [3.63, 3.8) is 0 Å². The molecule has 0 saturated carbocycles. The highest BCUT2D eigenvalue weighted by atomic mass is 16.6. The van der Waals surface area contributed by atoms with Crippen molar-refractivity contribution in [3.8, 4) is 16.9 Å². The number of carbonyl (C=O) groups excluding carboxylic acids is 1. The molecule has 8 heteroatoms. The van der Waals surface area contributed by atoms with Crippen molar-refractivity contribution in [2.75, 3.05) is 27.2 Å². The van der Waals surface area contributed by atoms with E-state index in [4.69, 9.17) is 0 Å². The van der Waals surface area contributed by atoms with Gasteiger partial charge in [-0.1, -0.05) is 17.7 Å². The molecular weight excluding hydrogens is 382 g/mol. The van der Waals surface area contributed by atoms with Gasteiger partial charge in [0, 0.05) is 30.8 Å². The van der Waals surface area contributed by atoms with E-state index in [0.29, 0.717) is 23.5 Å². The number of non-ortho nitro benzene ring substituents is 1. The number of rotatable bonds is 7. The van der Waals surface area contributed by atoms with Crippen molar-refractivity contribution in [1.82, 2.24) is 20.0 Å². The Kier molecular flexibility index (Phi) is 6.27. The molecule has 3 aromatic rings. The molecule has 1 aromatic heterocycles. The van der Waals surface area contributed by atoms with Crippen LogP contribution < -0.4 is 5.32 Å². The molecule has 1 amide bonds. The molecule has 2 aromatic carbocycles. The van der Waals surface area contributed by atoms with Gasteiger partial charge in [-0.15, -0.1) is 0 Å². The first kappa shape index (κ1) is 21.2. The predicted molar refractivity (Wildman–Crippen MR) is 116 cm³/mol. The normalized spacial score (nSPS) is 11.0. The van der Waals surface area contributed by atoms with E-state index < -0.39 is 4.92 Å². The Balaban J connectivity index is 2.02. The average Bonchev–Trinajstić information content (AvgIpc) is 3.13. The van der Waals surface area contributed by atoms with Gasteiger partial charge in [-0.3, -0.25) is 14.9 Å². The Bertz CT molecular complexity index is 1070. The molecule has 1 N–H and O–H groups in total. The lowest BCUT2D eigenvalue weighted by Crippen LogP contribution is -2.32. The summed E-state index contributed by atoms with van der Waals surface area (Å²) >= 11 is 0. The Hall–Kier alpha value is -3.52. The lowest BCUT2D eigenvalue weighted by molar-refractivity contribution is -0.384. The fourth-order valence-electron chi connectivity index (χ4n) is 3.15. The van der Waals surface area contributed by atoms with Gasteiger partial charge in [-0.2, -0.15) is 5.10 Å². The fraction of sp³-hybridized carbons (Fsp3) is 0.273. The van der Waals surface area contributed by atoms with Crippen LogP contribution in [0.2, 0.25) is 0 Å². The van der Waals surface area contributed by atoms with Crippen LogP contribution in [0.15, 0.2) is 48.5 Å². The van der Waals surface area contributed by atoms with Crippen LogP contribution in [-0.2, 0) is 0 Å². The van der Waals surface area contributed by atoms with Crippen LogP contribution in [0, 0.1) is 24.0 Å². The molecule has 0 radical (unpaired) electrons. The second-order valence-electron chi connectivity index (χ2n) is 7.48. The first-order chi connectivity index (χ1) is 14.3. The van der Waals surface area contributed by atoms with E-state index in [-0.39, 0.29) is 11.6 Å². The van der Waals surface area contributed by atoms with Crippen molar-refractivity contribution >= 4 is 11.6 Å². The van der Waals surface area contributed by atoms with Crippen molar-refractivity contribution in [2.45, 2.75) is 13.8 Å². The van der Waals surface area contributed by atoms with Crippen LogP contribution in [0.1, 0.15) is 21.6 Å². The summed E-state index contributed by atoms with van der Waals surface area (Å²) in [5.74, 6) is -0.225. The van der Waals surface area contributed by atoms with Gasteiger partial charge >= 0.3 is 0 Å². The van der Waals surface area contributed by atoms with Gasteiger partial charge in [0.2, 0.25) is 0 Å². The lowest BCUT2D eigenvalue weighted by Gasteiger charge is -2.13. The maximum atomic E-state index is 12.9. The van der Waals surface area contributed by atoms with Crippen molar-refractivity contribution < 1.29 is 9.72 Å². The molecule has 1 heterocycles. The van der Waals surface area contributed by atoms with Crippen LogP contribution in [0.4, 0.5) is 5.69 Å². The average molecular weight is 407 g/mol. The van der Waals surface area contributed by atoms with Gasteiger partial charge < -0.3 is 10.2 Å². The van der Waals surface area contributed by atoms with Crippen LogP contribution in [0.25, 0.3) is 16.9 Å². The summed E-state index contributed by atoms with van der Waals surface area (Å²) in [6, 6.07) is 13.8. The highest BCUT2D eigenvalue weighted by molar-refractivity contribution is 5.94. The summed E-state index contributed by atoms with van der Waals surface area (Å²) in [6.45, 7) is 5.22. The zero-order valence-electron chi connectivity index (χ0n) is 17.5. The number of carbonyl (C=O) groups is 1. The number of nitro benzene ring substituents is 1. The molecule has 0 saturated heterocycles. The molecule has 156 valence electrons. The number of likely N-dealkylation sites (N-methyl/N-ethyl adjacent to an activating group) is 1. The Labute approximate surface area is 175 Å². The van der Waals surface area contributed by atoms with Crippen LogP contribution in [-0.4, -0.2) is 52.7 Å². The van der Waals surface area contributed by atoms with Crippen LogP contribution in [0.3, 0.4) is 0 Å². The number of hydrogen-bond acceptors (Lipinski definition) is 5. The van der Waals surface area contributed by atoms with Crippen LogP contribution >= 0.6 is 0 Å². The zero-order chi connectivity index (χ0) is 21.8. The van der Waals surface area contributed by atoms with E-state index in [1.165, 1.54) is 12.1 Å². The second-order valence-corrected chi connectivity index (χ2v) is 7.48. The number of aromatic nitrogens is 2. The first-order valence-electron chi connectivity index (χ1n) is 9.61. The largest absolute Gasteiger partial charge is 0.349 e. The minimum absolute atomic E-state index is 0.00853. The number of hydrogen-bond donors (Lipinski definition) is 1. The maximum Gasteiger partial charge on any atom is 0.270 e. The summed E-state index contributed by atoms with van der Waals surface area (Å²) < 4.78 is 1.64. The molecular formula is C22H25N5O3. The zero-order valence-corrected chi connectivity index (χ0v) is 17.5. The van der Waals surface area contributed by atoms with Gasteiger partial charge in [-0.25, -0.2) is 4.68 Å². The monoisotopic (exact) mass is 407 g/mol. The van der Waals surface area contributed by atoms with Crippen molar-refractivity contribution in [3.05, 3.63) is 75.5 Å². The topological polar surface area (TPSA) is 93.3 Å². The summed E-state index contributed by atoms with van der Waals surface area (Å²) in [7, 11) is 3.89. The Morgan fingerprint density at radius 1 is 1.13 bits per heavy atom. The van der Waals surface area contributed by atoms with Crippen molar-refractivity contribution in [1.29, 1.82) is 0 Å². The SMILES string of the molecule is Cc1ccc(-n2nc(-c3ccc([N+](=O)[O-])cc3)cc2C(=O)NCCN(C)C)c(C)c1. The molecule has 30 heavy (non-hydrogen) atoms. The second kappa shape index (κ2) is 8.87. The standard InChI is InChI=1S/C22H25N5O3/c1-15-5-10-20(16(2)13-15)26-21(22(28)23-11-12-25(3)4)14-19(24-26)17-6-8-18(9-7-17)27(29)30/h5-10,13-14H,11-12H2,1-4H3,(H,23,28). The summed E-state index contributed by atoms with van der Waals surface area (Å²) in [5.41, 5.74) is 4.62. The van der Waals surface area contributed by atoms with Gasteiger partial charge in [0.05, 0.1) is 16.3 Å². The third-order valence-corrected chi connectivity index (χ3v) is 4.74. The first-order valence-corrected chi connectivity index (χ1v) is 9.61. The van der Waals surface area contributed by atoms with E-state index in [2.05, 4.69) is 10.4 Å². The molecule has 0 aliphatic heterocycles. The third kappa shape index (κ3) is 4.72. The number of amides is 1. The summed E-state index contributed by atoms with van der Waals surface area (Å²) in [5, 5.41) is 18.5. The Morgan fingerprint density at radius 2 is 1.83 bits per heavy atom. The molecule has 0 spiro atoms. The van der Waals surface area contributed by atoms with E-state index in [1.807, 2.05) is 51.0 Å². The molecule has 8 nitrogen and oxygen atoms in total. The third-order valence-electron chi connectivity index (χ3n) is 4.74. The highest BCUT2D eigenvalue weighted by Gasteiger charge is 2.19. The number of aryl methyl sites for hydroxylation is 2. The van der Waals surface area contributed by atoms with Gasteiger partial charge in [0.25, 0.3) is 11.6 Å². The molecule has 0 bridgehead atoms. The highest BCUT2D eigenvalue weighted by Crippen LogP contribution is 2.25. The van der Waals surface area contributed by atoms with Gasteiger partial charge in [0.15, 0.2) is 0 Å². The number of nitro groups is 1. The lowest BCUT2D eigenvalue weighted by atomic mass is 10.1. The molecule has 0 atom stereocenters. The quantitative estimate of drug-likeness (QED) is 0.479. The van der Waals surface area contributed by atoms with E-state index in [9.17, 15) is 14.9 Å². The van der Waals surface area contributed by atoms with Crippen LogP contribution in [0.5, 0.6) is 0 Å². The van der Waals surface area contributed by atoms with E-state index in [1.54, 1.807) is 22.9 Å². The van der Waals surface area contributed by atoms with E-state index >= 15 is 0 Å². The predicted octanol–water partition coefficient (Wildman–Crippen LogP) is 3.36. The Morgan fingerprint density at radius 3 is 2.43 bits per heavy atom. The maximum absolute atomic E-state index is 12.9. The molecule has 3 rings (SSSR count). The molecule has 0 aliphatic carbocycles. The summed E-state index contributed by atoms with van der Waals surface area (Å²) in [6.07, 6.45) is 0. The minimum atomic E-state index is -0.443. The van der Waals surface area contributed by atoms with Gasteiger partial charge in [-0.05, 0) is 57.8 Å².